The highest BCUT2D eigenvalue weighted by molar-refractivity contribution is 9.10. The summed E-state index contributed by atoms with van der Waals surface area (Å²) < 4.78 is 30.2. The summed E-state index contributed by atoms with van der Waals surface area (Å²) in [6, 6.07) is 28.7. The minimum Gasteiger partial charge on any atom is -0.352 e. The number of halogens is 2. The molecule has 0 bridgehead atoms. The molecular formula is C35H37BrClN3O4S. The summed E-state index contributed by atoms with van der Waals surface area (Å²) in [6.45, 7) is 5.32. The Morgan fingerprint density at radius 1 is 0.867 bits per heavy atom. The number of nitrogens with one attached hydrogen (secondary N) is 1. The van der Waals surface area contributed by atoms with Gasteiger partial charge in [0.1, 0.15) is 12.6 Å². The molecule has 0 heterocycles. The third-order valence-electron chi connectivity index (χ3n) is 7.54. The van der Waals surface area contributed by atoms with Gasteiger partial charge in [-0.1, -0.05) is 94.6 Å². The molecule has 0 saturated carbocycles. The Hall–Kier alpha value is -3.66. The molecule has 2 amide bonds. The van der Waals surface area contributed by atoms with Crippen LogP contribution in [0.5, 0.6) is 0 Å². The minimum absolute atomic E-state index is 0.0469. The van der Waals surface area contributed by atoms with Gasteiger partial charge in [-0.3, -0.25) is 13.9 Å². The summed E-state index contributed by atoms with van der Waals surface area (Å²) >= 11 is 9.60. The average molecular weight is 711 g/mol. The second-order valence-electron chi connectivity index (χ2n) is 11.0. The van der Waals surface area contributed by atoms with Crippen molar-refractivity contribution in [1.29, 1.82) is 0 Å². The monoisotopic (exact) mass is 709 g/mol. The van der Waals surface area contributed by atoms with Crippen molar-refractivity contribution in [2.45, 2.75) is 57.1 Å². The molecule has 4 rings (SSSR count). The van der Waals surface area contributed by atoms with Gasteiger partial charge in [-0.25, -0.2) is 8.42 Å². The van der Waals surface area contributed by atoms with Gasteiger partial charge in [-0.2, -0.15) is 0 Å². The quantitative estimate of drug-likeness (QED) is 0.160. The highest BCUT2D eigenvalue weighted by atomic mass is 79.9. The van der Waals surface area contributed by atoms with Crippen molar-refractivity contribution in [2.75, 3.05) is 10.8 Å². The number of rotatable bonds is 13. The van der Waals surface area contributed by atoms with E-state index in [4.69, 9.17) is 11.6 Å². The number of hydrogen-bond donors (Lipinski definition) is 1. The van der Waals surface area contributed by atoms with Crippen LogP contribution in [0.1, 0.15) is 37.0 Å². The first kappa shape index (κ1) is 34.2. The first-order chi connectivity index (χ1) is 21.5. The van der Waals surface area contributed by atoms with Crippen molar-refractivity contribution in [2.24, 2.45) is 0 Å². The number of carbonyl (C=O) groups excluding carboxylic acids is 2. The molecule has 0 aliphatic rings. The highest BCUT2D eigenvalue weighted by Gasteiger charge is 2.35. The van der Waals surface area contributed by atoms with Crippen LogP contribution >= 0.6 is 27.5 Å². The van der Waals surface area contributed by atoms with Crippen LogP contribution in [0.3, 0.4) is 0 Å². The van der Waals surface area contributed by atoms with E-state index in [0.29, 0.717) is 11.4 Å². The third kappa shape index (κ3) is 9.19. The summed E-state index contributed by atoms with van der Waals surface area (Å²) in [7, 11) is -4.18. The standard InChI is InChI=1S/C35H37BrClN3O4S/c1-4-26(3)38-35(42)33(22-27-8-6-5-7-9-27)39(23-28-12-14-29(36)15-13-28)34(41)24-40(31-18-16-30(37)17-19-31)45(43,44)32-20-10-25(2)11-21-32/h5-21,26,33H,4,22-24H2,1-3H3,(H,38,42)/t26-,33+/m0/s1. The molecule has 0 spiro atoms. The summed E-state index contributed by atoms with van der Waals surface area (Å²) in [5.41, 5.74) is 2.85. The Balaban J connectivity index is 1.80. The van der Waals surface area contributed by atoms with Crippen LogP contribution in [0.25, 0.3) is 0 Å². The maximum atomic E-state index is 14.5. The predicted molar refractivity (Wildman–Crippen MR) is 184 cm³/mol. The fourth-order valence-electron chi connectivity index (χ4n) is 4.76. The van der Waals surface area contributed by atoms with E-state index in [0.717, 1.165) is 25.5 Å². The zero-order valence-corrected chi connectivity index (χ0v) is 28.6. The molecule has 0 aliphatic heterocycles. The molecule has 0 aromatic heterocycles. The van der Waals surface area contributed by atoms with Crippen molar-refractivity contribution in [3.8, 4) is 0 Å². The molecule has 1 N–H and O–H groups in total. The predicted octanol–water partition coefficient (Wildman–Crippen LogP) is 7.16. The Morgan fingerprint density at radius 3 is 2.09 bits per heavy atom. The van der Waals surface area contributed by atoms with Gasteiger partial charge in [0.25, 0.3) is 10.0 Å². The lowest BCUT2D eigenvalue weighted by atomic mass is 10.0. The van der Waals surface area contributed by atoms with Crippen LogP contribution < -0.4 is 9.62 Å². The molecule has 0 aliphatic carbocycles. The number of sulfonamides is 1. The van der Waals surface area contributed by atoms with Gasteiger partial charge in [-0.05, 0) is 79.9 Å². The van der Waals surface area contributed by atoms with Gasteiger partial charge in [0.05, 0.1) is 10.6 Å². The van der Waals surface area contributed by atoms with E-state index < -0.39 is 28.5 Å². The van der Waals surface area contributed by atoms with Crippen molar-refractivity contribution >= 4 is 55.1 Å². The zero-order valence-electron chi connectivity index (χ0n) is 25.5. The first-order valence-electron chi connectivity index (χ1n) is 14.7. The lowest BCUT2D eigenvalue weighted by Crippen LogP contribution is -2.54. The van der Waals surface area contributed by atoms with Gasteiger partial charge >= 0.3 is 0 Å². The number of nitrogens with zero attached hydrogens (tertiary/aromatic N) is 2. The number of benzene rings is 4. The molecule has 0 saturated heterocycles. The van der Waals surface area contributed by atoms with Crippen molar-refractivity contribution in [3.63, 3.8) is 0 Å². The Morgan fingerprint density at radius 2 is 1.49 bits per heavy atom. The molecule has 2 atom stereocenters. The van der Waals surface area contributed by atoms with E-state index in [9.17, 15) is 18.0 Å². The average Bonchev–Trinajstić information content (AvgIpc) is 3.03. The topological polar surface area (TPSA) is 86.8 Å². The number of hydrogen-bond acceptors (Lipinski definition) is 4. The fraction of sp³-hybridized carbons (Fsp3) is 0.257. The van der Waals surface area contributed by atoms with E-state index in [1.54, 1.807) is 36.4 Å². The zero-order chi connectivity index (χ0) is 32.6. The number of anilines is 1. The fourth-order valence-corrected chi connectivity index (χ4v) is 6.56. The van der Waals surface area contributed by atoms with Crippen molar-refractivity contribution in [3.05, 3.63) is 129 Å². The second kappa shape index (κ2) is 15.6. The molecule has 236 valence electrons. The molecule has 10 heteroatoms. The molecule has 0 unspecified atom stereocenters. The summed E-state index contributed by atoms with van der Waals surface area (Å²) in [4.78, 5) is 29.9. The smallest absolute Gasteiger partial charge is 0.264 e. The summed E-state index contributed by atoms with van der Waals surface area (Å²) in [6.07, 6.45) is 0.959. The van der Waals surface area contributed by atoms with E-state index >= 15 is 0 Å². The highest BCUT2D eigenvalue weighted by Crippen LogP contribution is 2.27. The van der Waals surface area contributed by atoms with Crippen LogP contribution in [-0.2, 0) is 32.6 Å². The summed E-state index contributed by atoms with van der Waals surface area (Å²) in [5, 5.41) is 3.48. The second-order valence-corrected chi connectivity index (χ2v) is 14.2. The third-order valence-corrected chi connectivity index (χ3v) is 10.1. The molecule has 7 nitrogen and oxygen atoms in total. The molecule has 45 heavy (non-hydrogen) atoms. The van der Waals surface area contributed by atoms with Gasteiger partial charge < -0.3 is 10.2 Å². The number of carbonyl (C=O) groups is 2. The lowest BCUT2D eigenvalue weighted by Gasteiger charge is -2.34. The van der Waals surface area contributed by atoms with E-state index in [1.807, 2.05) is 75.4 Å². The van der Waals surface area contributed by atoms with Gasteiger partial charge in [0.15, 0.2) is 0 Å². The maximum Gasteiger partial charge on any atom is 0.264 e. The minimum atomic E-state index is -4.18. The van der Waals surface area contributed by atoms with Gasteiger partial charge in [-0.15, -0.1) is 0 Å². The number of amides is 2. The van der Waals surface area contributed by atoms with E-state index in [2.05, 4.69) is 21.2 Å². The SMILES string of the molecule is CC[C@H](C)NC(=O)[C@@H](Cc1ccccc1)N(Cc1ccc(Br)cc1)C(=O)CN(c1ccc(Cl)cc1)S(=O)(=O)c1ccc(C)cc1. The lowest BCUT2D eigenvalue weighted by molar-refractivity contribution is -0.140. The van der Waals surface area contributed by atoms with Crippen LogP contribution in [-0.4, -0.2) is 43.8 Å². The van der Waals surface area contributed by atoms with Gasteiger partial charge in [0, 0.05) is 28.5 Å². The Kier molecular flexibility index (Phi) is 11.8. The molecule has 4 aromatic rings. The summed E-state index contributed by atoms with van der Waals surface area (Å²) in [5.74, 6) is -0.832. The molecule has 0 fully saturated rings. The van der Waals surface area contributed by atoms with Crippen molar-refractivity contribution < 1.29 is 18.0 Å². The first-order valence-corrected chi connectivity index (χ1v) is 17.3. The van der Waals surface area contributed by atoms with E-state index in [1.165, 1.54) is 17.0 Å². The van der Waals surface area contributed by atoms with Crippen LogP contribution in [0.4, 0.5) is 5.69 Å². The van der Waals surface area contributed by atoms with Crippen LogP contribution in [0.15, 0.2) is 112 Å². The van der Waals surface area contributed by atoms with Crippen molar-refractivity contribution in [1.82, 2.24) is 10.2 Å². The van der Waals surface area contributed by atoms with Gasteiger partial charge in [0.2, 0.25) is 11.8 Å². The Bertz CT molecular complexity index is 1680. The number of aryl methyl sites for hydroxylation is 1. The Labute approximate surface area is 279 Å². The van der Waals surface area contributed by atoms with Crippen LogP contribution in [0, 0.1) is 6.92 Å². The normalized spacial score (nSPS) is 12.6. The largest absolute Gasteiger partial charge is 0.352 e. The molecule has 4 aromatic carbocycles. The van der Waals surface area contributed by atoms with Crippen LogP contribution in [0.2, 0.25) is 5.02 Å². The van der Waals surface area contributed by atoms with E-state index in [-0.39, 0.29) is 35.5 Å². The molecule has 0 radical (unpaired) electrons. The molecular weight excluding hydrogens is 674 g/mol. The maximum absolute atomic E-state index is 14.5.